The number of aryl methyl sites for hydroxylation is 1. The molecule has 32 heavy (non-hydrogen) atoms. The first-order chi connectivity index (χ1) is 15.5. The number of carbonyl (C=O) groups is 3. The molecule has 164 valence electrons. The molecule has 3 N–H and O–H groups in total. The number of hydrogen-bond acceptors (Lipinski definition) is 4. The number of nitrogens with zero attached hydrogens (tertiary/aromatic N) is 1. The molecule has 1 fully saturated rings. The minimum Gasteiger partial charge on any atom is -0.506 e. The van der Waals surface area contributed by atoms with Crippen LogP contribution in [0, 0.1) is 0 Å². The molecule has 4 rings (SSSR count). The van der Waals surface area contributed by atoms with Crippen LogP contribution in [-0.2, 0) is 11.2 Å². The third-order valence-electron chi connectivity index (χ3n) is 5.87. The quantitative estimate of drug-likeness (QED) is 0.553. The number of phenols is 1. The standard InChI is InChI=1S/C25H25N3O4/c1-2-16-9-11-18(12-10-16)23(30)26-27-24(31)21-8-5-15-28(21)25(32)20-14-13-17-6-3-4-7-19(17)22(20)29/h3-4,6-7,9-14,21,29H,2,5,8,15H2,1H3,(H,26,30)(H,27,31). The fourth-order valence-electron chi connectivity index (χ4n) is 4.03. The Hall–Kier alpha value is -3.87. The van der Waals surface area contributed by atoms with Gasteiger partial charge in [0.05, 0.1) is 5.56 Å². The van der Waals surface area contributed by atoms with Gasteiger partial charge in [0.1, 0.15) is 11.8 Å². The van der Waals surface area contributed by atoms with Crippen molar-refractivity contribution in [2.24, 2.45) is 0 Å². The van der Waals surface area contributed by atoms with E-state index < -0.39 is 23.8 Å². The van der Waals surface area contributed by atoms with E-state index in [4.69, 9.17) is 0 Å². The summed E-state index contributed by atoms with van der Waals surface area (Å²) in [6, 6.07) is 17.0. The minimum atomic E-state index is -0.726. The van der Waals surface area contributed by atoms with Gasteiger partial charge in [0.15, 0.2) is 0 Å². The second-order valence-corrected chi connectivity index (χ2v) is 7.83. The maximum absolute atomic E-state index is 13.1. The van der Waals surface area contributed by atoms with Crippen LogP contribution in [0.3, 0.4) is 0 Å². The lowest BCUT2D eigenvalue weighted by Gasteiger charge is -2.24. The highest BCUT2D eigenvalue weighted by atomic mass is 16.3. The SMILES string of the molecule is CCc1ccc(C(=O)NNC(=O)C2CCCN2C(=O)c2ccc3ccccc3c2O)cc1. The van der Waals surface area contributed by atoms with Crippen molar-refractivity contribution in [3.05, 3.63) is 77.4 Å². The molecule has 1 saturated heterocycles. The van der Waals surface area contributed by atoms with Crippen molar-refractivity contribution < 1.29 is 19.5 Å². The Morgan fingerprint density at radius 1 is 1.00 bits per heavy atom. The van der Waals surface area contributed by atoms with Crippen LogP contribution in [0.2, 0.25) is 0 Å². The number of carbonyl (C=O) groups excluding carboxylic acids is 3. The molecule has 3 aromatic rings. The number of aromatic hydroxyl groups is 1. The van der Waals surface area contributed by atoms with Crippen LogP contribution in [0.1, 0.15) is 46.0 Å². The Kier molecular flexibility index (Phi) is 6.07. The topological polar surface area (TPSA) is 98.7 Å². The number of phenolic OH excluding ortho intramolecular Hbond substituents is 1. The highest BCUT2D eigenvalue weighted by Gasteiger charge is 2.35. The van der Waals surface area contributed by atoms with Gasteiger partial charge >= 0.3 is 0 Å². The average molecular weight is 431 g/mol. The van der Waals surface area contributed by atoms with E-state index in [1.807, 2.05) is 31.2 Å². The molecule has 0 bridgehead atoms. The first-order valence-electron chi connectivity index (χ1n) is 10.7. The largest absolute Gasteiger partial charge is 0.506 e. The fourth-order valence-corrected chi connectivity index (χ4v) is 4.03. The summed E-state index contributed by atoms with van der Waals surface area (Å²) in [7, 11) is 0. The van der Waals surface area contributed by atoms with E-state index in [9.17, 15) is 19.5 Å². The average Bonchev–Trinajstić information content (AvgIpc) is 3.32. The predicted molar refractivity (Wildman–Crippen MR) is 121 cm³/mol. The highest BCUT2D eigenvalue weighted by Crippen LogP contribution is 2.31. The maximum atomic E-state index is 13.1. The smallest absolute Gasteiger partial charge is 0.269 e. The molecule has 0 aliphatic carbocycles. The summed E-state index contributed by atoms with van der Waals surface area (Å²) >= 11 is 0. The van der Waals surface area contributed by atoms with Gasteiger partial charge < -0.3 is 10.0 Å². The number of hydrogen-bond donors (Lipinski definition) is 3. The van der Waals surface area contributed by atoms with E-state index in [0.717, 1.165) is 17.4 Å². The number of hydrazine groups is 1. The maximum Gasteiger partial charge on any atom is 0.269 e. The molecule has 7 heteroatoms. The summed E-state index contributed by atoms with van der Waals surface area (Å²) in [4.78, 5) is 39.7. The molecule has 3 aromatic carbocycles. The summed E-state index contributed by atoms with van der Waals surface area (Å²) < 4.78 is 0. The molecule has 0 spiro atoms. The lowest BCUT2D eigenvalue weighted by atomic mass is 10.0. The third kappa shape index (κ3) is 4.14. The van der Waals surface area contributed by atoms with E-state index >= 15 is 0 Å². The van der Waals surface area contributed by atoms with Crippen LogP contribution in [0.5, 0.6) is 5.75 Å². The van der Waals surface area contributed by atoms with Crippen LogP contribution < -0.4 is 10.9 Å². The number of benzene rings is 3. The molecular weight excluding hydrogens is 406 g/mol. The van der Waals surface area contributed by atoms with Crippen molar-refractivity contribution in [2.45, 2.75) is 32.2 Å². The lowest BCUT2D eigenvalue weighted by Crippen LogP contribution is -2.51. The van der Waals surface area contributed by atoms with Gasteiger partial charge in [0.25, 0.3) is 17.7 Å². The van der Waals surface area contributed by atoms with Crippen molar-refractivity contribution in [2.75, 3.05) is 6.54 Å². The van der Waals surface area contributed by atoms with Crippen molar-refractivity contribution >= 4 is 28.5 Å². The van der Waals surface area contributed by atoms with Crippen molar-refractivity contribution in [3.63, 3.8) is 0 Å². The number of nitrogens with one attached hydrogen (secondary N) is 2. The molecule has 1 aliphatic heterocycles. The van der Waals surface area contributed by atoms with Gasteiger partial charge in [0, 0.05) is 17.5 Å². The summed E-state index contributed by atoms with van der Waals surface area (Å²) in [5.74, 6) is -1.39. The first-order valence-corrected chi connectivity index (χ1v) is 10.7. The Morgan fingerprint density at radius 2 is 1.75 bits per heavy atom. The van der Waals surface area contributed by atoms with Gasteiger partial charge in [-0.2, -0.15) is 0 Å². The summed E-state index contributed by atoms with van der Waals surface area (Å²) in [6.45, 7) is 2.43. The van der Waals surface area contributed by atoms with Gasteiger partial charge in [-0.15, -0.1) is 0 Å². The molecule has 1 unspecified atom stereocenters. The number of fused-ring (bicyclic) bond motifs is 1. The molecule has 7 nitrogen and oxygen atoms in total. The Balaban J connectivity index is 1.44. The van der Waals surface area contributed by atoms with Crippen LogP contribution in [0.4, 0.5) is 0 Å². The number of amides is 3. The zero-order valence-corrected chi connectivity index (χ0v) is 17.8. The molecule has 0 aromatic heterocycles. The molecule has 1 atom stereocenters. The van der Waals surface area contributed by atoms with E-state index in [1.165, 1.54) is 4.90 Å². The summed E-state index contributed by atoms with van der Waals surface area (Å²) in [5.41, 5.74) is 6.56. The second kappa shape index (κ2) is 9.09. The van der Waals surface area contributed by atoms with Crippen molar-refractivity contribution in [3.8, 4) is 5.75 Å². The normalized spacial score (nSPS) is 15.5. The Bertz CT molecular complexity index is 1170. The van der Waals surface area contributed by atoms with E-state index in [-0.39, 0.29) is 11.3 Å². The summed E-state index contributed by atoms with van der Waals surface area (Å²) in [6.07, 6.45) is 2.01. The molecule has 0 saturated carbocycles. The van der Waals surface area contributed by atoms with Gasteiger partial charge in [-0.25, -0.2) is 0 Å². The van der Waals surface area contributed by atoms with Gasteiger partial charge in [0.2, 0.25) is 0 Å². The lowest BCUT2D eigenvalue weighted by molar-refractivity contribution is -0.125. The molecule has 3 amide bonds. The third-order valence-corrected chi connectivity index (χ3v) is 5.87. The van der Waals surface area contributed by atoms with E-state index in [0.29, 0.717) is 30.3 Å². The minimum absolute atomic E-state index is 0.0945. The predicted octanol–water partition coefficient (Wildman–Crippen LogP) is 3.17. The zero-order chi connectivity index (χ0) is 22.7. The highest BCUT2D eigenvalue weighted by molar-refractivity contribution is 6.05. The second-order valence-electron chi connectivity index (χ2n) is 7.83. The fraction of sp³-hybridized carbons (Fsp3) is 0.240. The van der Waals surface area contributed by atoms with Crippen LogP contribution >= 0.6 is 0 Å². The number of likely N-dealkylation sites (tertiary alicyclic amines) is 1. The Morgan fingerprint density at radius 3 is 2.50 bits per heavy atom. The number of rotatable bonds is 4. The van der Waals surface area contributed by atoms with Crippen LogP contribution in [-0.4, -0.2) is 40.3 Å². The van der Waals surface area contributed by atoms with Gasteiger partial charge in [-0.1, -0.05) is 49.4 Å². The van der Waals surface area contributed by atoms with Gasteiger partial charge in [-0.3, -0.25) is 25.2 Å². The monoisotopic (exact) mass is 431 g/mol. The van der Waals surface area contributed by atoms with Crippen LogP contribution in [0.15, 0.2) is 60.7 Å². The molecular formula is C25H25N3O4. The molecule has 1 aliphatic rings. The van der Waals surface area contributed by atoms with Gasteiger partial charge in [-0.05, 0) is 48.4 Å². The van der Waals surface area contributed by atoms with E-state index in [2.05, 4.69) is 10.9 Å². The molecule has 1 heterocycles. The first kappa shape index (κ1) is 21.4. The van der Waals surface area contributed by atoms with Crippen molar-refractivity contribution in [1.82, 2.24) is 15.8 Å². The van der Waals surface area contributed by atoms with Crippen molar-refractivity contribution in [1.29, 1.82) is 0 Å². The van der Waals surface area contributed by atoms with E-state index in [1.54, 1.807) is 36.4 Å². The summed E-state index contributed by atoms with van der Waals surface area (Å²) in [5, 5.41) is 12.0. The molecule has 0 radical (unpaired) electrons. The Labute approximate surface area is 186 Å². The zero-order valence-electron chi connectivity index (χ0n) is 17.8. The van der Waals surface area contributed by atoms with Crippen LogP contribution in [0.25, 0.3) is 10.8 Å².